The van der Waals surface area contributed by atoms with Crippen LogP contribution in [0.3, 0.4) is 0 Å². The molecule has 0 unspecified atom stereocenters. The highest BCUT2D eigenvalue weighted by Crippen LogP contribution is 2.37. The van der Waals surface area contributed by atoms with Gasteiger partial charge in [-0.25, -0.2) is 0 Å². The number of alkyl halides is 3. The van der Waals surface area contributed by atoms with Crippen LogP contribution in [0.2, 0.25) is 18.1 Å². The van der Waals surface area contributed by atoms with Crippen LogP contribution in [0.1, 0.15) is 20.8 Å². The van der Waals surface area contributed by atoms with Crippen LogP contribution in [0.15, 0.2) is 0 Å². The van der Waals surface area contributed by atoms with E-state index < -0.39 is 21.1 Å². The third kappa shape index (κ3) is 4.66. The number of rotatable bonds is 2. The van der Waals surface area contributed by atoms with E-state index in [1.54, 1.807) is 13.1 Å². The van der Waals surface area contributed by atoms with Crippen LogP contribution >= 0.6 is 0 Å². The maximum Gasteiger partial charge on any atom is 0.410 e. The first-order valence-electron chi connectivity index (χ1n) is 4.16. The molecule has 0 aromatic rings. The standard InChI is InChI=1S/C8H17F3OSi/c1-7(2,3)13(4,5)12-6-8(9,10)11/h6H2,1-5H3. The predicted molar refractivity (Wildman–Crippen MR) is 49.2 cm³/mol. The molecule has 0 spiro atoms. The van der Waals surface area contributed by atoms with Crippen molar-refractivity contribution < 1.29 is 17.6 Å². The van der Waals surface area contributed by atoms with Crippen LogP contribution < -0.4 is 0 Å². The van der Waals surface area contributed by atoms with Gasteiger partial charge in [0.25, 0.3) is 0 Å². The fourth-order valence-electron chi connectivity index (χ4n) is 0.479. The molecule has 80 valence electrons. The molecule has 0 saturated carbocycles. The van der Waals surface area contributed by atoms with Gasteiger partial charge in [-0.05, 0) is 18.1 Å². The highest BCUT2D eigenvalue weighted by molar-refractivity contribution is 6.74. The molecule has 1 nitrogen and oxygen atoms in total. The average molecular weight is 214 g/mol. The van der Waals surface area contributed by atoms with Crippen molar-refractivity contribution in [1.29, 1.82) is 0 Å². The van der Waals surface area contributed by atoms with E-state index in [9.17, 15) is 13.2 Å². The minimum Gasteiger partial charge on any atom is -0.408 e. The van der Waals surface area contributed by atoms with Crippen LogP contribution in [0.5, 0.6) is 0 Å². The van der Waals surface area contributed by atoms with Crippen LogP contribution in [0, 0.1) is 0 Å². The van der Waals surface area contributed by atoms with E-state index in [1.165, 1.54) is 0 Å². The molecule has 0 amide bonds. The van der Waals surface area contributed by atoms with Gasteiger partial charge in [-0.2, -0.15) is 13.2 Å². The summed E-state index contributed by atoms with van der Waals surface area (Å²) in [6.07, 6.45) is -4.21. The summed E-state index contributed by atoms with van der Waals surface area (Å²) in [5.41, 5.74) is 0. The molecule has 0 fully saturated rings. The zero-order valence-corrected chi connectivity index (χ0v) is 9.75. The third-order valence-electron chi connectivity index (χ3n) is 2.40. The Labute approximate surface area is 78.4 Å². The lowest BCUT2D eigenvalue weighted by Crippen LogP contribution is -2.43. The van der Waals surface area contributed by atoms with Crippen LogP contribution in [0.4, 0.5) is 13.2 Å². The van der Waals surface area contributed by atoms with Gasteiger partial charge < -0.3 is 4.43 Å². The molecule has 13 heavy (non-hydrogen) atoms. The van der Waals surface area contributed by atoms with E-state index in [-0.39, 0.29) is 5.04 Å². The van der Waals surface area contributed by atoms with Gasteiger partial charge in [-0.3, -0.25) is 0 Å². The summed E-state index contributed by atoms with van der Waals surface area (Å²) >= 11 is 0. The Balaban J connectivity index is 4.21. The molecule has 0 radical (unpaired) electrons. The lowest BCUT2D eigenvalue weighted by Gasteiger charge is -2.36. The van der Waals surface area contributed by atoms with E-state index >= 15 is 0 Å². The van der Waals surface area contributed by atoms with Crippen molar-refractivity contribution in [2.75, 3.05) is 6.61 Å². The minimum absolute atomic E-state index is 0.168. The van der Waals surface area contributed by atoms with Crippen molar-refractivity contribution in [3.63, 3.8) is 0 Å². The first-order valence-corrected chi connectivity index (χ1v) is 7.07. The molecule has 5 heteroatoms. The van der Waals surface area contributed by atoms with Gasteiger partial charge in [0.05, 0.1) is 0 Å². The van der Waals surface area contributed by atoms with E-state index in [2.05, 4.69) is 0 Å². The maximum absolute atomic E-state index is 11.9. The molecule has 0 aliphatic carbocycles. The lowest BCUT2D eigenvalue weighted by molar-refractivity contribution is -0.156. The highest BCUT2D eigenvalue weighted by atomic mass is 28.4. The molecule has 0 atom stereocenters. The Morgan fingerprint density at radius 1 is 1.08 bits per heavy atom. The molecular weight excluding hydrogens is 197 g/mol. The largest absolute Gasteiger partial charge is 0.410 e. The molecule has 0 rings (SSSR count). The summed E-state index contributed by atoms with van der Waals surface area (Å²) in [5, 5.41) is -0.168. The molecule has 0 N–H and O–H groups in total. The Bertz CT molecular complexity index is 169. The average Bonchev–Trinajstić information content (AvgIpc) is 1.79. The van der Waals surface area contributed by atoms with E-state index in [4.69, 9.17) is 4.43 Å². The van der Waals surface area contributed by atoms with Crippen molar-refractivity contribution >= 4 is 8.32 Å². The molecule has 0 aliphatic heterocycles. The number of hydrogen-bond acceptors (Lipinski definition) is 1. The molecule has 0 aliphatic rings. The maximum atomic E-state index is 11.9. The van der Waals surface area contributed by atoms with Gasteiger partial charge >= 0.3 is 6.18 Å². The van der Waals surface area contributed by atoms with Crippen molar-refractivity contribution in [2.45, 2.75) is 45.1 Å². The van der Waals surface area contributed by atoms with E-state index in [0.29, 0.717) is 0 Å². The smallest absolute Gasteiger partial charge is 0.408 e. The second kappa shape index (κ2) is 3.61. The molecular formula is C8H17F3OSi. The highest BCUT2D eigenvalue weighted by Gasteiger charge is 2.40. The van der Waals surface area contributed by atoms with Gasteiger partial charge in [0.1, 0.15) is 6.61 Å². The van der Waals surface area contributed by atoms with Crippen LogP contribution in [-0.4, -0.2) is 21.1 Å². The summed E-state index contributed by atoms with van der Waals surface area (Å²) in [4.78, 5) is 0. The Hall–Kier alpha value is -0.0331. The number of halogens is 3. The first kappa shape index (κ1) is 13.0. The third-order valence-corrected chi connectivity index (χ3v) is 6.88. The summed E-state index contributed by atoms with van der Waals surface area (Å²) in [7, 11) is -2.23. The zero-order chi connectivity index (χ0) is 10.9. The molecule has 0 aromatic carbocycles. The predicted octanol–water partition coefficient (Wildman–Crippen LogP) is 3.57. The summed E-state index contributed by atoms with van der Waals surface area (Å²) in [6.45, 7) is 8.22. The summed E-state index contributed by atoms with van der Waals surface area (Å²) in [5.74, 6) is 0. The van der Waals surface area contributed by atoms with Gasteiger partial charge in [0, 0.05) is 0 Å². The monoisotopic (exact) mass is 214 g/mol. The van der Waals surface area contributed by atoms with Crippen LogP contribution in [-0.2, 0) is 4.43 Å². The lowest BCUT2D eigenvalue weighted by atomic mass is 10.2. The van der Waals surface area contributed by atoms with E-state index in [0.717, 1.165) is 0 Å². The Kier molecular flexibility index (Phi) is 3.60. The van der Waals surface area contributed by atoms with Gasteiger partial charge in [-0.1, -0.05) is 20.8 Å². The van der Waals surface area contributed by atoms with Crippen molar-refractivity contribution in [2.24, 2.45) is 0 Å². The zero-order valence-electron chi connectivity index (χ0n) is 8.75. The van der Waals surface area contributed by atoms with Crippen molar-refractivity contribution in [3.05, 3.63) is 0 Å². The molecule has 0 aromatic heterocycles. The van der Waals surface area contributed by atoms with Crippen molar-refractivity contribution in [1.82, 2.24) is 0 Å². The topological polar surface area (TPSA) is 9.23 Å². The van der Waals surface area contributed by atoms with Crippen LogP contribution in [0.25, 0.3) is 0 Å². The quantitative estimate of drug-likeness (QED) is 0.638. The summed E-state index contributed by atoms with van der Waals surface area (Å²) < 4.78 is 40.6. The SMILES string of the molecule is CC(C)(C)[Si](C)(C)OCC(F)(F)F. The minimum atomic E-state index is -4.21. The molecule has 0 heterocycles. The fourth-order valence-corrected chi connectivity index (χ4v) is 1.44. The van der Waals surface area contributed by atoms with Crippen molar-refractivity contribution in [3.8, 4) is 0 Å². The first-order chi connectivity index (χ1) is 5.46. The number of hydrogen-bond donors (Lipinski definition) is 0. The van der Waals surface area contributed by atoms with Gasteiger partial charge in [-0.15, -0.1) is 0 Å². The molecule has 0 saturated heterocycles. The summed E-state index contributed by atoms with van der Waals surface area (Å²) in [6, 6.07) is 0. The van der Waals surface area contributed by atoms with Gasteiger partial charge in [0.2, 0.25) is 0 Å². The Morgan fingerprint density at radius 3 is 1.69 bits per heavy atom. The fraction of sp³-hybridized carbons (Fsp3) is 1.00. The van der Waals surface area contributed by atoms with E-state index in [1.807, 2.05) is 20.8 Å². The second-order valence-electron chi connectivity index (χ2n) is 4.66. The molecule has 0 bridgehead atoms. The normalized spacial score (nSPS) is 14.8. The Morgan fingerprint density at radius 2 is 1.46 bits per heavy atom. The van der Waals surface area contributed by atoms with Gasteiger partial charge in [0.15, 0.2) is 8.32 Å². The second-order valence-corrected chi connectivity index (χ2v) is 9.47.